The fraction of sp³-hybridized carbons (Fsp3) is 0.656. The Kier molecular flexibility index (Phi) is 12.4. The van der Waals surface area contributed by atoms with Crippen LogP contribution in [0.1, 0.15) is 116 Å². The standard InChI is InChI=1S/C32H51N3O2/c1-4-5-6-7-8-9-10-11-12-13-14-15-16-17-18-24-33-31(36)37-25-32(3)34-28-21-19-20-27-23-22-26(2)30(35-32)29(27)28/h19-23,34-35H,4-18,24-25H2,1-3H3,(H,33,36). The summed E-state index contributed by atoms with van der Waals surface area (Å²) in [5, 5.41) is 12.4. The van der Waals surface area contributed by atoms with Gasteiger partial charge in [0, 0.05) is 23.3 Å². The second-order valence-corrected chi connectivity index (χ2v) is 11.2. The number of carbonyl (C=O) groups is 1. The molecule has 0 saturated carbocycles. The van der Waals surface area contributed by atoms with E-state index in [1.165, 1.54) is 106 Å². The van der Waals surface area contributed by atoms with Crippen LogP contribution in [-0.2, 0) is 4.74 Å². The number of carbonyl (C=O) groups excluding carboxylic acids is 1. The molecule has 5 nitrogen and oxygen atoms in total. The second kappa shape index (κ2) is 15.7. The van der Waals surface area contributed by atoms with Crippen LogP contribution in [0.3, 0.4) is 0 Å². The Hall–Kier alpha value is -2.43. The van der Waals surface area contributed by atoms with Crippen LogP contribution in [0.5, 0.6) is 0 Å². The molecule has 37 heavy (non-hydrogen) atoms. The van der Waals surface area contributed by atoms with Gasteiger partial charge in [0.2, 0.25) is 0 Å². The van der Waals surface area contributed by atoms with Crippen molar-refractivity contribution in [3.63, 3.8) is 0 Å². The molecule has 0 fully saturated rings. The third-order valence-corrected chi connectivity index (χ3v) is 7.61. The average molecular weight is 510 g/mol. The first kappa shape index (κ1) is 29.1. The van der Waals surface area contributed by atoms with Gasteiger partial charge in [-0.3, -0.25) is 0 Å². The summed E-state index contributed by atoms with van der Waals surface area (Å²) in [6.07, 6.45) is 19.8. The highest BCUT2D eigenvalue weighted by Gasteiger charge is 2.32. The van der Waals surface area contributed by atoms with Gasteiger partial charge in [-0.1, -0.05) is 121 Å². The van der Waals surface area contributed by atoms with Crippen LogP contribution in [0.25, 0.3) is 10.8 Å². The maximum atomic E-state index is 12.3. The molecule has 1 unspecified atom stereocenters. The van der Waals surface area contributed by atoms with E-state index in [0.29, 0.717) is 6.54 Å². The van der Waals surface area contributed by atoms with Gasteiger partial charge >= 0.3 is 6.09 Å². The number of alkyl carbamates (subject to hydrolysis) is 1. The van der Waals surface area contributed by atoms with Crippen molar-refractivity contribution in [2.45, 2.75) is 123 Å². The van der Waals surface area contributed by atoms with Crippen molar-refractivity contribution in [2.75, 3.05) is 23.8 Å². The minimum atomic E-state index is -0.556. The Balaban J connectivity index is 1.19. The second-order valence-electron chi connectivity index (χ2n) is 11.2. The van der Waals surface area contributed by atoms with Crippen LogP contribution < -0.4 is 16.0 Å². The molecular weight excluding hydrogens is 458 g/mol. The molecule has 0 spiro atoms. The van der Waals surface area contributed by atoms with Gasteiger partial charge in [0.25, 0.3) is 0 Å². The fourth-order valence-electron chi connectivity index (χ4n) is 5.37. The molecule has 5 heteroatoms. The van der Waals surface area contributed by atoms with Gasteiger partial charge in [-0.05, 0) is 37.3 Å². The topological polar surface area (TPSA) is 62.4 Å². The maximum Gasteiger partial charge on any atom is 0.407 e. The highest BCUT2D eigenvalue weighted by molar-refractivity contribution is 6.06. The normalized spacial score (nSPS) is 16.3. The third-order valence-electron chi connectivity index (χ3n) is 7.61. The predicted octanol–water partition coefficient (Wildman–Crippen LogP) is 9.30. The lowest BCUT2D eigenvalue weighted by Crippen LogP contribution is -2.50. The predicted molar refractivity (Wildman–Crippen MR) is 159 cm³/mol. The van der Waals surface area contributed by atoms with Gasteiger partial charge in [-0.15, -0.1) is 0 Å². The monoisotopic (exact) mass is 509 g/mol. The smallest absolute Gasteiger partial charge is 0.407 e. The molecule has 2 aromatic carbocycles. The molecule has 1 aliphatic heterocycles. The first-order valence-corrected chi connectivity index (χ1v) is 15.0. The SMILES string of the molecule is CCCCCCCCCCCCCCCCCNC(=O)OCC1(C)Nc2cccc3ccc(C)c(c23)N1. The summed E-state index contributed by atoms with van der Waals surface area (Å²) in [6.45, 7) is 7.33. The Morgan fingerprint density at radius 1 is 0.811 bits per heavy atom. The van der Waals surface area contributed by atoms with Gasteiger partial charge in [0.05, 0.1) is 0 Å². The van der Waals surface area contributed by atoms with Gasteiger partial charge in [-0.25, -0.2) is 4.79 Å². The minimum Gasteiger partial charge on any atom is -0.445 e. The Bertz CT molecular complexity index is 960. The molecule has 0 bridgehead atoms. The molecule has 3 rings (SSSR count). The molecule has 0 saturated heterocycles. The quantitative estimate of drug-likeness (QED) is 0.175. The molecule has 1 amide bonds. The van der Waals surface area contributed by atoms with Gasteiger partial charge in [-0.2, -0.15) is 0 Å². The lowest BCUT2D eigenvalue weighted by atomic mass is 9.98. The van der Waals surface area contributed by atoms with E-state index in [-0.39, 0.29) is 12.7 Å². The van der Waals surface area contributed by atoms with Crippen molar-refractivity contribution in [2.24, 2.45) is 0 Å². The van der Waals surface area contributed by atoms with E-state index in [1.807, 2.05) is 6.92 Å². The summed E-state index contributed by atoms with van der Waals surface area (Å²) in [6, 6.07) is 10.5. The van der Waals surface area contributed by atoms with Crippen molar-refractivity contribution in [1.29, 1.82) is 0 Å². The lowest BCUT2D eigenvalue weighted by Gasteiger charge is -2.38. The number of nitrogens with one attached hydrogen (secondary N) is 3. The molecule has 1 aliphatic rings. The van der Waals surface area contributed by atoms with Crippen molar-refractivity contribution in [3.8, 4) is 0 Å². The van der Waals surface area contributed by atoms with Crippen LogP contribution in [0, 0.1) is 6.92 Å². The van der Waals surface area contributed by atoms with Gasteiger partial charge < -0.3 is 20.7 Å². The minimum absolute atomic E-state index is 0.238. The molecule has 0 radical (unpaired) electrons. The molecule has 2 aromatic rings. The van der Waals surface area contributed by atoms with E-state index in [2.05, 4.69) is 60.1 Å². The summed E-state index contributed by atoms with van der Waals surface area (Å²) in [4.78, 5) is 12.3. The number of rotatable bonds is 18. The van der Waals surface area contributed by atoms with E-state index < -0.39 is 5.66 Å². The van der Waals surface area contributed by atoms with Crippen molar-refractivity contribution in [1.82, 2.24) is 5.32 Å². The summed E-state index contributed by atoms with van der Waals surface area (Å²) in [5.41, 5.74) is 2.81. The summed E-state index contributed by atoms with van der Waals surface area (Å²) >= 11 is 0. The van der Waals surface area contributed by atoms with Crippen LogP contribution in [-0.4, -0.2) is 24.9 Å². The largest absolute Gasteiger partial charge is 0.445 e. The zero-order valence-corrected chi connectivity index (χ0v) is 23.7. The molecule has 0 aliphatic carbocycles. The lowest BCUT2D eigenvalue weighted by molar-refractivity contribution is 0.130. The average Bonchev–Trinajstić information content (AvgIpc) is 2.89. The first-order chi connectivity index (χ1) is 18.0. The van der Waals surface area contributed by atoms with Gasteiger partial charge in [0.1, 0.15) is 12.3 Å². The van der Waals surface area contributed by atoms with Gasteiger partial charge in [0.15, 0.2) is 0 Å². The summed E-state index contributed by atoms with van der Waals surface area (Å²) in [5.74, 6) is 0. The summed E-state index contributed by atoms with van der Waals surface area (Å²) in [7, 11) is 0. The Morgan fingerprint density at radius 3 is 2.03 bits per heavy atom. The number of hydrogen-bond acceptors (Lipinski definition) is 4. The zero-order valence-electron chi connectivity index (χ0n) is 23.7. The molecule has 1 heterocycles. The van der Waals surface area contributed by atoms with Crippen LogP contribution >= 0.6 is 0 Å². The van der Waals surface area contributed by atoms with Crippen LogP contribution in [0.15, 0.2) is 30.3 Å². The fourth-order valence-corrected chi connectivity index (χ4v) is 5.37. The number of benzene rings is 2. The van der Waals surface area contributed by atoms with E-state index in [9.17, 15) is 4.79 Å². The number of amides is 1. The third kappa shape index (κ3) is 9.75. The summed E-state index contributed by atoms with van der Waals surface area (Å²) < 4.78 is 5.58. The number of hydrogen-bond donors (Lipinski definition) is 3. The van der Waals surface area contributed by atoms with Crippen LogP contribution in [0.2, 0.25) is 0 Å². The molecule has 1 atom stereocenters. The Labute approximate surface area is 225 Å². The van der Waals surface area contributed by atoms with E-state index in [1.54, 1.807) is 0 Å². The zero-order chi connectivity index (χ0) is 26.3. The van der Waals surface area contributed by atoms with E-state index in [4.69, 9.17) is 4.74 Å². The molecule has 206 valence electrons. The molecular formula is C32H51N3O2. The number of anilines is 2. The Morgan fingerprint density at radius 2 is 1.41 bits per heavy atom. The molecule has 3 N–H and O–H groups in total. The molecule has 0 aromatic heterocycles. The van der Waals surface area contributed by atoms with Crippen LogP contribution in [0.4, 0.5) is 16.2 Å². The highest BCUT2D eigenvalue weighted by atomic mass is 16.5. The van der Waals surface area contributed by atoms with E-state index >= 15 is 0 Å². The first-order valence-electron chi connectivity index (χ1n) is 15.0. The maximum absolute atomic E-state index is 12.3. The van der Waals surface area contributed by atoms with Crippen molar-refractivity contribution < 1.29 is 9.53 Å². The van der Waals surface area contributed by atoms with Crippen molar-refractivity contribution >= 4 is 28.2 Å². The van der Waals surface area contributed by atoms with Crippen molar-refractivity contribution in [3.05, 3.63) is 35.9 Å². The number of ether oxygens (including phenoxy) is 1. The number of unbranched alkanes of at least 4 members (excludes halogenated alkanes) is 14. The number of aryl methyl sites for hydroxylation is 1. The highest BCUT2D eigenvalue weighted by Crippen LogP contribution is 2.39. The van der Waals surface area contributed by atoms with E-state index in [0.717, 1.165) is 17.8 Å².